The molecule has 78 valence electrons. The highest BCUT2D eigenvalue weighted by Crippen LogP contribution is 2.28. The number of anilines is 2. The van der Waals surface area contributed by atoms with Gasteiger partial charge >= 0.3 is 0 Å². The molecule has 0 unspecified atom stereocenters. The summed E-state index contributed by atoms with van der Waals surface area (Å²) in [6.45, 7) is 4.10. The maximum Gasteiger partial charge on any atom is 0.190 e. The van der Waals surface area contributed by atoms with E-state index in [1.807, 2.05) is 6.92 Å². The number of rotatable bonds is 4. The van der Waals surface area contributed by atoms with Crippen molar-refractivity contribution in [3.05, 3.63) is 0 Å². The molecule has 0 fully saturated rings. The van der Waals surface area contributed by atoms with Crippen LogP contribution >= 0.6 is 23.5 Å². The van der Waals surface area contributed by atoms with Crippen LogP contribution in [0.5, 0.6) is 0 Å². The van der Waals surface area contributed by atoms with Crippen LogP contribution in [-0.2, 0) is 0 Å². The van der Waals surface area contributed by atoms with E-state index < -0.39 is 0 Å². The first kappa shape index (κ1) is 11.5. The highest BCUT2D eigenvalue weighted by atomic mass is 32.2. The molecular formula is C8H14N4S2. The Hall–Kier alpha value is -0.620. The first-order valence-electron chi connectivity index (χ1n) is 4.37. The van der Waals surface area contributed by atoms with Gasteiger partial charge in [0.15, 0.2) is 11.0 Å². The predicted octanol–water partition coefficient (Wildman–Crippen LogP) is 1.86. The van der Waals surface area contributed by atoms with E-state index in [-0.39, 0.29) is 0 Å². The number of nitrogens with zero attached hydrogens (tertiary/aromatic N) is 2. The summed E-state index contributed by atoms with van der Waals surface area (Å²) in [6.07, 6.45) is 0. The summed E-state index contributed by atoms with van der Waals surface area (Å²) in [5.74, 6) is 2.24. The fourth-order valence-corrected chi connectivity index (χ4v) is 2.20. The van der Waals surface area contributed by atoms with Crippen molar-refractivity contribution in [2.24, 2.45) is 0 Å². The number of thioether (sulfide) groups is 2. The Balaban J connectivity index is 3.01. The predicted molar refractivity (Wildman–Crippen MR) is 63.7 cm³/mol. The minimum atomic E-state index is 0.381. The second-order valence-electron chi connectivity index (χ2n) is 2.48. The van der Waals surface area contributed by atoms with Gasteiger partial charge in [0.1, 0.15) is 10.7 Å². The van der Waals surface area contributed by atoms with Gasteiger partial charge in [0.05, 0.1) is 0 Å². The summed E-state index contributed by atoms with van der Waals surface area (Å²) < 4.78 is 0. The van der Waals surface area contributed by atoms with Gasteiger partial charge < -0.3 is 11.5 Å². The SMILES string of the molecule is CCSc1nc(N)c(N)c(SCC)n1. The lowest BCUT2D eigenvalue weighted by molar-refractivity contribution is 0.907. The summed E-state index contributed by atoms with van der Waals surface area (Å²) in [5, 5.41) is 1.49. The highest BCUT2D eigenvalue weighted by Gasteiger charge is 2.08. The molecule has 0 aliphatic heterocycles. The lowest BCUT2D eigenvalue weighted by Gasteiger charge is -2.07. The van der Waals surface area contributed by atoms with E-state index in [2.05, 4.69) is 16.9 Å². The van der Waals surface area contributed by atoms with Crippen LogP contribution in [0.3, 0.4) is 0 Å². The van der Waals surface area contributed by atoms with Crippen molar-refractivity contribution in [3.8, 4) is 0 Å². The Morgan fingerprint density at radius 3 is 2.29 bits per heavy atom. The van der Waals surface area contributed by atoms with E-state index in [9.17, 15) is 0 Å². The molecule has 4 N–H and O–H groups in total. The molecule has 0 radical (unpaired) electrons. The number of hydrogen-bond donors (Lipinski definition) is 2. The zero-order valence-corrected chi connectivity index (χ0v) is 9.91. The van der Waals surface area contributed by atoms with Crippen LogP contribution in [0.25, 0.3) is 0 Å². The van der Waals surface area contributed by atoms with Crippen LogP contribution in [-0.4, -0.2) is 21.5 Å². The first-order chi connectivity index (χ1) is 6.69. The van der Waals surface area contributed by atoms with Crippen LogP contribution in [0.2, 0.25) is 0 Å². The average Bonchev–Trinajstić information content (AvgIpc) is 2.14. The van der Waals surface area contributed by atoms with E-state index in [4.69, 9.17) is 11.5 Å². The third kappa shape index (κ3) is 2.68. The average molecular weight is 230 g/mol. The lowest BCUT2D eigenvalue weighted by Crippen LogP contribution is -2.03. The molecule has 1 aromatic rings. The molecule has 0 amide bonds. The molecule has 0 saturated heterocycles. The highest BCUT2D eigenvalue weighted by molar-refractivity contribution is 7.99. The smallest absolute Gasteiger partial charge is 0.190 e. The van der Waals surface area contributed by atoms with E-state index in [1.54, 1.807) is 23.5 Å². The summed E-state index contributed by atoms with van der Waals surface area (Å²) >= 11 is 3.15. The van der Waals surface area contributed by atoms with Crippen molar-refractivity contribution in [1.82, 2.24) is 9.97 Å². The van der Waals surface area contributed by atoms with Crippen molar-refractivity contribution in [3.63, 3.8) is 0 Å². The van der Waals surface area contributed by atoms with E-state index in [0.717, 1.165) is 16.5 Å². The van der Waals surface area contributed by atoms with Crippen LogP contribution in [0.15, 0.2) is 10.2 Å². The summed E-state index contributed by atoms with van der Waals surface area (Å²) in [6, 6.07) is 0. The second kappa shape index (κ2) is 5.31. The topological polar surface area (TPSA) is 77.8 Å². The molecule has 0 aliphatic carbocycles. The molecule has 4 nitrogen and oxygen atoms in total. The van der Waals surface area contributed by atoms with Gasteiger partial charge in [-0.3, -0.25) is 0 Å². The molecule has 0 aromatic carbocycles. The van der Waals surface area contributed by atoms with Gasteiger partial charge in [-0.2, -0.15) is 0 Å². The van der Waals surface area contributed by atoms with Gasteiger partial charge in [-0.1, -0.05) is 25.6 Å². The van der Waals surface area contributed by atoms with Gasteiger partial charge in [-0.05, 0) is 11.5 Å². The summed E-state index contributed by atoms with van der Waals surface area (Å²) in [5.41, 5.74) is 11.9. The molecule has 1 aromatic heterocycles. The van der Waals surface area contributed by atoms with Gasteiger partial charge in [0.2, 0.25) is 0 Å². The number of hydrogen-bond acceptors (Lipinski definition) is 6. The Bertz CT molecular complexity index is 316. The van der Waals surface area contributed by atoms with Crippen molar-refractivity contribution >= 4 is 35.0 Å². The van der Waals surface area contributed by atoms with Crippen molar-refractivity contribution in [1.29, 1.82) is 0 Å². The summed E-state index contributed by atoms with van der Waals surface area (Å²) in [4.78, 5) is 8.42. The second-order valence-corrected chi connectivity index (χ2v) is 4.96. The number of nitrogen functional groups attached to an aromatic ring is 2. The van der Waals surface area contributed by atoms with Gasteiger partial charge in [0.25, 0.3) is 0 Å². The molecule has 0 spiro atoms. The molecule has 1 heterocycles. The molecule has 14 heavy (non-hydrogen) atoms. The monoisotopic (exact) mass is 230 g/mol. The van der Waals surface area contributed by atoms with Crippen molar-refractivity contribution in [2.45, 2.75) is 24.0 Å². The number of aromatic nitrogens is 2. The molecule has 0 aliphatic rings. The third-order valence-electron chi connectivity index (χ3n) is 1.47. The minimum absolute atomic E-state index is 0.381. The van der Waals surface area contributed by atoms with Gasteiger partial charge in [-0.15, -0.1) is 11.8 Å². The standard InChI is InChI=1S/C8H14N4S2/c1-3-13-7-5(9)6(10)11-8(12-7)14-4-2/h3-4,9H2,1-2H3,(H2,10,11,12). The molecule has 0 saturated carbocycles. The van der Waals surface area contributed by atoms with Crippen molar-refractivity contribution < 1.29 is 0 Å². The summed E-state index contributed by atoms with van der Waals surface area (Å²) in [7, 11) is 0. The Kier molecular flexibility index (Phi) is 4.34. The largest absolute Gasteiger partial charge is 0.394 e. The molecule has 0 bridgehead atoms. The Labute approximate surface area is 92.3 Å². The quantitative estimate of drug-likeness (QED) is 0.467. The van der Waals surface area contributed by atoms with Gasteiger partial charge in [0, 0.05) is 0 Å². The van der Waals surface area contributed by atoms with Crippen LogP contribution < -0.4 is 11.5 Å². The van der Waals surface area contributed by atoms with Crippen LogP contribution in [0.1, 0.15) is 13.8 Å². The normalized spacial score (nSPS) is 10.4. The lowest BCUT2D eigenvalue weighted by atomic mass is 10.5. The molecule has 6 heteroatoms. The first-order valence-corrected chi connectivity index (χ1v) is 6.34. The zero-order valence-electron chi connectivity index (χ0n) is 8.28. The zero-order chi connectivity index (χ0) is 10.6. The van der Waals surface area contributed by atoms with Crippen LogP contribution in [0.4, 0.5) is 11.5 Å². The Morgan fingerprint density at radius 2 is 1.71 bits per heavy atom. The third-order valence-corrected chi connectivity index (χ3v) is 3.08. The van der Waals surface area contributed by atoms with Crippen LogP contribution in [0, 0.1) is 0 Å². The van der Waals surface area contributed by atoms with Gasteiger partial charge in [-0.25, -0.2) is 9.97 Å². The minimum Gasteiger partial charge on any atom is -0.394 e. The molecule has 0 atom stereocenters. The van der Waals surface area contributed by atoms with E-state index in [1.165, 1.54) is 0 Å². The Morgan fingerprint density at radius 1 is 1.07 bits per heavy atom. The van der Waals surface area contributed by atoms with E-state index >= 15 is 0 Å². The van der Waals surface area contributed by atoms with Crippen molar-refractivity contribution in [2.75, 3.05) is 23.0 Å². The van der Waals surface area contributed by atoms with E-state index in [0.29, 0.717) is 16.7 Å². The fourth-order valence-electron chi connectivity index (χ4n) is 0.885. The fraction of sp³-hybridized carbons (Fsp3) is 0.500. The maximum atomic E-state index is 5.75. The molecule has 1 rings (SSSR count). The maximum absolute atomic E-state index is 5.75. The number of nitrogens with two attached hydrogens (primary N) is 2. The molecular weight excluding hydrogens is 216 g/mol.